The van der Waals surface area contributed by atoms with Crippen molar-refractivity contribution in [2.75, 3.05) is 20.2 Å². The van der Waals surface area contributed by atoms with Gasteiger partial charge in [-0.15, -0.1) is 0 Å². The lowest BCUT2D eigenvalue weighted by Crippen LogP contribution is -2.59. The van der Waals surface area contributed by atoms with Gasteiger partial charge in [0, 0.05) is 53.6 Å². The third-order valence-electron chi connectivity index (χ3n) is 6.76. The minimum absolute atomic E-state index is 0.00547. The zero-order valence-electron chi connectivity index (χ0n) is 19.5. The number of amides is 2. The Kier molecular flexibility index (Phi) is 4.92. The second-order valence-electron chi connectivity index (χ2n) is 10.1. The molecular weight excluding hydrogens is 418 g/mol. The number of likely N-dealkylation sites (tertiary alicyclic amines) is 1. The van der Waals surface area contributed by atoms with E-state index in [-0.39, 0.29) is 22.9 Å². The van der Waals surface area contributed by atoms with Crippen molar-refractivity contribution in [1.29, 1.82) is 0 Å². The van der Waals surface area contributed by atoms with Gasteiger partial charge in [0.25, 0.3) is 11.8 Å². The third-order valence-corrected chi connectivity index (χ3v) is 6.76. The SMILES string of the molecule is COc1cc2cc(C(=O)N3CCC4(CC3)Cc3cn(C(C)(C)C)nc3C(=O)N4)ccc2cn1. The van der Waals surface area contributed by atoms with E-state index in [1.165, 1.54) is 0 Å². The maximum absolute atomic E-state index is 13.2. The summed E-state index contributed by atoms with van der Waals surface area (Å²) in [7, 11) is 1.58. The minimum atomic E-state index is -0.324. The molecule has 2 aromatic heterocycles. The number of nitrogens with one attached hydrogen (secondary N) is 1. The van der Waals surface area contributed by atoms with Crippen molar-refractivity contribution in [2.24, 2.45) is 0 Å². The molecule has 2 aliphatic rings. The molecule has 1 N–H and O–H groups in total. The Morgan fingerprint density at radius 1 is 1.15 bits per heavy atom. The van der Waals surface area contributed by atoms with E-state index in [9.17, 15) is 9.59 Å². The lowest BCUT2D eigenvalue weighted by atomic mass is 9.79. The van der Waals surface area contributed by atoms with E-state index in [0.717, 1.165) is 35.6 Å². The predicted octanol–water partition coefficient (Wildman–Crippen LogP) is 3.16. The van der Waals surface area contributed by atoms with E-state index in [1.807, 2.05) is 40.0 Å². The van der Waals surface area contributed by atoms with Gasteiger partial charge < -0.3 is 15.0 Å². The van der Waals surface area contributed by atoms with Gasteiger partial charge in [0.15, 0.2) is 5.69 Å². The maximum atomic E-state index is 13.2. The van der Waals surface area contributed by atoms with Crippen molar-refractivity contribution >= 4 is 22.6 Å². The molecule has 1 saturated heterocycles. The van der Waals surface area contributed by atoms with Gasteiger partial charge in [-0.25, -0.2) is 4.98 Å². The lowest BCUT2D eigenvalue weighted by molar-refractivity contribution is 0.0605. The molecule has 2 amide bonds. The number of methoxy groups -OCH3 is 1. The Bertz CT molecular complexity index is 1250. The lowest BCUT2D eigenvalue weighted by Gasteiger charge is -2.44. The number of ether oxygens (including phenoxy) is 1. The van der Waals surface area contributed by atoms with Crippen LogP contribution in [0.1, 0.15) is 60.0 Å². The Morgan fingerprint density at radius 2 is 1.91 bits per heavy atom. The van der Waals surface area contributed by atoms with Gasteiger partial charge in [0.05, 0.1) is 12.6 Å². The number of hydrogen-bond acceptors (Lipinski definition) is 5. The molecule has 0 atom stereocenters. The largest absolute Gasteiger partial charge is 0.481 e. The van der Waals surface area contributed by atoms with Crippen LogP contribution in [-0.4, -0.2) is 57.2 Å². The van der Waals surface area contributed by atoms with Crippen LogP contribution in [0.3, 0.4) is 0 Å². The summed E-state index contributed by atoms with van der Waals surface area (Å²) >= 11 is 0. The molecule has 4 heterocycles. The van der Waals surface area contributed by atoms with E-state index in [1.54, 1.807) is 13.3 Å². The van der Waals surface area contributed by atoms with Gasteiger partial charge in [0.1, 0.15) is 0 Å². The smallest absolute Gasteiger partial charge is 0.272 e. The van der Waals surface area contributed by atoms with E-state index in [0.29, 0.717) is 30.2 Å². The summed E-state index contributed by atoms with van der Waals surface area (Å²) < 4.78 is 7.08. The van der Waals surface area contributed by atoms with E-state index >= 15 is 0 Å². The van der Waals surface area contributed by atoms with Gasteiger partial charge in [-0.1, -0.05) is 6.07 Å². The van der Waals surface area contributed by atoms with Crippen LogP contribution in [0.4, 0.5) is 0 Å². The fourth-order valence-corrected chi connectivity index (χ4v) is 4.77. The first-order valence-corrected chi connectivity index (χ1v) is 11.3. The number of hydrogen-bond donors (Lipinski definition) is 1. The van der Waals surface area contributed by atoms with Crippen LogP contribution < -0.4 is 10.1 Å². The molecule has 2 aliphatic heterocycles. The number of nitrogens with zero attached hydrogens (tertiary/aromatic N) is 4. The molecule has 1 fully saturated rings. The quantitative estimate of drug-likeness (QED) is 0.652. The molecule has 8 nitrogen and oxygen atoms in total. The molecule has 33 heavy (non-hydrogen) atoms. The average Bonchev–Trinajstić information content (AvgIpc) is 3.23. The molecule has 172 valence electrons. The molecule has 0 radical (unpaired) electrons. The summed E-state index contributed by atoms with van der Waals surface area (Å²) in [5, 5.41) is 9.62. The number of aromatic nitrogens is 3. The first-order valence-electron chi connectivity index (χ1n) is 11.3. The molecule has 1 aromatic carbocycles. The van der Waals surface area contributed by atoms with Gasteiger partial charge in [-0.2, -0.15) is 5.10 Å². The number of pyridine rings is 1. The van der Waals surface area contributed by atoms with Gasteiger partial charge >= 0.3 is 0 Å². The van der Waals surface area contributed by atoms with Crippen LogP contribution in [0.15, 0.2) is 36.7 Å². The number of piperidine rings is 1. The van der Waals surface area contributed by atoms with Crippen molar-refractivity contribution in [3.05, 3.63) is 53.5 Å². The van der Waals surface area contributed by atoms with Crippen LogP contribution in [0.5, 0.6) is 5.88 Å². The normalized spacial score (nSPS) is 17.7. The number of carbonyl (C=O) groups is 2. The standard InChI is InChI=1S/C25H29N5O3/c1-24(2,3)30-15-19-13-25(27-22(31)21(19)28-30)7-9-29(10-8-25)23(32)16-5-6-17-14-26-20(33-4)12-18(17)11-16/h5-6,11-12,14-15H,7-10,13H2,1-4H3,(H,27,31). The van der Waals surface area contributed by atoms with Gasteiger partial charge in [0.2, 0.25) is 5.88 Å². The van der Waals surface area contributed by atoms with Crippen molar-refractivity contribution < 1.29 is 14.3 Å². The summed E-state index contributed by atoms with van der Waals surface area (Å²) in [4.78, 5) is 32.2. The van der Waals surface area contributed by atoms with E-state index < -0.39 is 0 Å². The summed E-state index contributed by atoms with van der Waals surface area (Å²) in [6, 6.07) is 7.49. The molecule has 5 rings (SSSR count). The maximum Gasteiger partial charge on any atom is 0.272 e. The fraction of sp³-hybridized carbons (Fsp3) is 0.440. The fourth-order valence-electron chi connectivity index (χ4n) is 4.77. The molecule has 0 unspecified atom stereocenters. The second-order valence-corrected chi connectivity index (χ2v) is 10.1. The van der Waals surface area contributed by atoms with Crippen LogP contribution >= 0.6 is 0 Å². The van der Waals surface area contributed by atoms with E-state index in [4.69, 9.17) is 4.74 Å². The molecule has 0 aliphatic carbocycles. The molecule has 0 saturated carbocycles. The number of carbonyl (C=O) groups excluding carboxylic acids is 2. The molecule has 3 aromatic rings. The first kappa shape index (κ1) is 21.4. The first-order chi connectivity index (χ1) is 15.7. The molecule has 0 bridgehead atoms. The van der Waals surface area contributed by atoms with Gasteiger partial charge in [-0.05, 0) is 57.6 Å². The molecular formula is C25H29N5O3. The van der Waals surface area contributed by atoms with Crippen LogP contribution in [-0.2, 0) is 12.0 Å². The monoisotopic (exact) mass is 447 g/mol. The second kappa shape index (κ2) is 7.57. The topological polar surface area (TPSA) is 89.4 Å². The summed E-state index contributed by atoms with van der Waals surface area (Å²) in [6.45, 7) is 7.41. The van der Waals surface area contributed by atoms with Crippen molar-refractivity contribution in [1.82, 2.24) is 25.0 Å². The van der Waals surface area contributed by atoms with Crippen molar-refractivity contribution in [2.45, 2.75) is 51.1 Å². The van der Waals surface area contributed by atoms with Crippen molar-refractivity contribution in [3.8, 4) is 5.88 Å². The van der Waals surface area contributed by atoms with Crippen LogP contribution in [0, 0.1) is 0 Å². The molecule has 8 heteroatoms. The highest BCUT2D eigenvalue weighted by Gasteiger charge is 2.43. The zero-order valence-corrected chi connectivity index (χ0v) is 19.5. The summed E-state index contributed by atoms with van der Waals surface area (Å²) in [5.41, 5.74) is 1.66. The molecule has 1 spiro atoms. The number of fused-ring (bicyclic) bond motifs is 2. The van der Waals surface area contributed by atoms with Crippen molar-refractivity contribution in [3.63, 3.8) is 0 Å². The Morgan fingerprint density at radius 3 is 2.61 bits per heavy atom. The van der Waals surface area contributed by atoms with Crippen LogP contribution in [0.25, 0.3) is 10.8 Å². The predicted molar refractivity (Wildman–Crippen MR) is 125 cm³/mol. The van der Waals surface area contributed by atoms with Gasteiger partial charge in [-0.3, -0.25) is 14.3 Å². The Balaban J connectivity index is 1.32. The van der Waals surface area contributed by atoms with E-state index in [2.05, 4.69) is 36.2 Å². The number of benzene rings is 1. The third kappa shape index (κ3) is 3.83. The summed E-state index contributed by atoms with van der Waals surface area (Å²) in [5.74, 6) is 0.413. The minimum Gasteiger partial charge on any atom is -0.481 e. The Hall–Kier alpha value is -3.42. The van der Waals surface area contributed by atoms with Crippen LogP contribution in [0.2, 0.25) is 0 Å². The highest BCUT2D eigenvalue weighted by atomic mass is 16.5. The highest BCUT2D eigenvalue weighted by Crippen LogP contribution is 2.33. The average molecular weight is 448 g/mol. The highest BCUT2D eigenvalue weighted by molar-refractivity contribution is 5.99. The Labute approximate surface area is 192 Å². The summed E-state index contributed by atoms with van der Waals surface area (Å²) in [6.07, 6.45) is 5.93. The zero-order chi connectivity index (χ0) is 23.4. The number of rotatable bonds is 2.